The molecule has 0 aromatic carbocycles. The second-order valence-electron chi connectivity index (χ2n) is 0.247. The summed E-state index contributed by atoms with van der Waals surface area (Å²) in [5.74, 6) is 0. The van der Waals surface area contributed by atoms with Gasteiger partial charge in [-0.05, 0) is 0 Å². The van der Waals surface area contributed by atoms with Crippen LogP contribution >= 0.6 is 30.1 Å². The van der Waals surface area contributed by atoms with Gasteiger partial charge in [-0.1, -0.05) is 0 Å². The van der Waals surface area contributed by atoms with Crippen LogP contribution in [0.5, 0.6) is 0 Å². The van der Waals surface area contributed by atoms with Crippen molar-refractivity contribution >= 4 is 79.3 Å². The minimum absolute atomic E-state index is 0. The third-order valence-electron chi connectivity index (χ3n) is 0. The van der Waals surface area contributed by atoms with Gasteiger partial charge in [0.05, 0.1) is 0 Å². The molecule has 0 aromatic rings. The van der Waals surface area contributed by atoms with E-state index in [1.54, 1.807) is 0 Å². The Balaban J connectivity index is -0.00000000750. The van der Waals surface area contributed by atoms with Gasteiger partial charge in [-0.2, -0.15) is 0 Å². The predicted octanol–water partition coefficient (Wildman–Crippen LogP) is 1.53. The van der Waals surface area contributed by atoms with Gasteiger partial charge in [-0.15, -0.1) is 0 Å². The zero-order chi connectivity index (χ0) is 3.58. The normalized spacial score (nSPS) is 4.50. The third kappa shape index (κ3) is 27.1. The fraction of sp³-hybridized carbons (Fsp3) is 0. The van der Waals surface area contributed by atoms with Gasteiger partial charge in [0.2, 0.25) is 0 Å². The van der Waals surface area contributed by atoms with Gasteiger partial charge in [-0.3, -0.25) is 0 Å². The van der Waals surface area contributed by atoms with E-state index in [-0.39, 0.29) is 57.7 Å². The summed E-state index contributed by atoms with van der Waals surface area (Å²) in [5, 5.41) is 0. The first-order chi connectivity index (χ1) is 1.73. The second-order valence-corrected chi connectivity index (χ2v) is 6.68. The first-order valence-corrected chi connectivity index (χ1v) is 5.89. The zero-order valence-electron chi connectivity index (χ0n) is 4.77. The zero-order valence-corrected chi connectivity index (χ0v) is 9.51. The van der Waals surface area contributed by atoms with E-state index in [0.29, 0.717) is 0 Å². The van der Waals surface area contributed by atoms with Gasteiger partial charge in [0.1, 0.15) is 0 Å². The van der Waals surface area contributed by atoms with Crippen LogP contribution in [-0.4, -0.2) is 49.1 Å². The van der Waals surface area contributed by atoms with Crippen LogP contribution < -0.4 is 0 Å². The van der Waals surface area contributed by atoms with Crippen molar-refractivity contribution in [3.63, 3.8) is 0 Å². The molecule has 0 bridgehead atoms. The van der Waals surface area contributed by atoms with Crippen LogP contribution in [0.3, 0.4) is 0 Å². The van der Waals surface area contributed by atoms with Crippen LogP contribution in [0.1, 0.15) is 2.85 Å². The summed E-state index contributed by atoms with van der Waals surface area (Å²) in [7, 11) is 14.8. The van der Waals surface area contributed by atoms with Gasteiger partial charge in [0.25, 0.3) is 0 Å². The number of hydrogen-bond acceptors (Lipinski definition) is 0. The fourth-order valence-electron chi connectivity index (χ4n) is 0. The molecular weight excluding hydrogens is 229 g/mol. The Morgan fingerprint density at radius 1 is 1.17 bits per heavy atom. The van der Waals surface area contributed by atoms with E-state index in [4.69, 9.17) is 30.1 Å². The van der Waals surface area contributed by atoms with Crippen LogP contribution in [-0.2, 0) is 17.1 Å². The molecule has 0 aliphatic heterocycles. The first-order valence-electron chi connectivity index (χ1n) is 0.655. The molecule has 0 unspecified atom stereocenters. The van der Waals surface area contributed by atoms with Crippen LogP contribution in [0.25, 0.3) is 0 Å². The van der Waals surface area contributed by atoms with Crippen molar-refractivity contribution in [1.29, 1.82) is 0 Å². The molecule has 0 aromatic heterocycles. The fourth-order valence-corrected chi connectivity index (χ4v) is 0. The van der Waals surface area contributed by atoms with E-state index >= 15 is 0 Å². The number of hydrogen-bond donors (Lipinski definition) is 0. The maximum absolute atomic E-state index is 4.94. The van der Waals surface area contributed by atoms with Crippen LogP contribution in [0.15, 0.2) is 0 Å². The van der Waals surface area contributed by atoms with Crippen molar-refractivity contribution in [2.24, 2.45) is 0 Å². The summed E-state index contributed by atoms with van der Waals surface area (Å²) in [5.41, 5.74) is 0. The molecule has 0 fully saturated rings. The molecule has 0 heterocycles. The Hall–Kier alpha value is 3.18. The molecular formula is H2AlCaCl3Fe. The SMILES string of the molecule is [Ca+2].[Cl][Al]([Cl])[Cl].[Fe].[H-].[H-]. The van der Waals surface area contributed by atoms with E-state index in [0.717, 1.165) is 0 Å². The summed E-state index contributed by atoms with van der Waals surface area (Å²) < 4.78 is 0. The van der Waals surface area contributed by atoms with Crippen LogP contribution in [0.4, 0.5) is 0 Å². The summed E-state index contributed by atoms with van der Waals surface area (Å²) in [6.45, 7) is 0. The summed E-state index contributed by atoms with van der Waals surface area (Å²) in [6.07, 6.45) is 0. The maximum atomic E-state index is 4.94. The standard InChI is InChI=1S/Al.Ca.3ClH.Fe.2H/h;;3*1H;;;/q+3;+2;;;;;2*-1/p-3. The molecule has 0 amide bonds. The van der Waals surface area contributed by atoms with Gasteiger partial charge in [0, 0.05) is 17.1 Å². The third-order valence-corrected chi connectivity index (χ3v) is 0. The molecule has 6 heteroatoms. The Bertz CT molecular complexity index is 22.0. The van der Waals surface area contributed by atoms with Gasteiger partial charge >= 0.3 is 49.1 Å². The second kappa shape index (κ2) is 11.0. The molecule has 6 heavy (non-hydrogen) atoms. The van der Waals surface area contributed by atoms with Crippen molar-refractivity contribution < 1.29 is 19.9 Å². The largest absolute Gasteiger partial charge is 2.00 e. The van der Waals surface area contributed by atoms with Gasteiger partial charge in [0.15, 0.2) is 0 Å². The first kappa shape index (κ1) is 16.1. The van der Waals surface area contributed by atoms with Crippen molar-refractivity contribution in [2.75, 3.05) is 0 Å². The van der Waals surface area contributed by atoms with Crippen molar-refractivity contribution in [3.8, 4) is 0 Å². The van der Waals surface area contributed by atoms with Crippen molar-refractivity contribution in [3.05, 3.63) is 0 Å². The maximum Gasteiger partial charge on any atom is 2.00 e. The monoisotopic (exact) mass is 230 g/mol. The summed E-state index contributed by atoms with van der Waals surface area (Å²) in [4.78, 5) is 0. The van der Waals surface area contributed by atoms with Crippen LogP contribution in [0.2, 0.25) is 0 Å². The summed E-state index contributed by atoms with van der Waals surface area (Å²) in [6, 6.07) is 0. The van der Waals surface area contributed by atoms with E-state index < -0.39 is 11.4 Å². The van der Waals surface area contributed by atoms with E-state index in [9.17, 15) is 0 Å². The number of halogens is 3. The van der Waals surface area contributed by atoms with E-state index in [1.807, 2.05) is 0 Å². The average molecular weight is 231 g/mol. The smallest absolute Gasteiger partial charge is 1.00 e. The van der Waals surface area contributed by atoms with E-state index in [2.05, 4.69) is 0 Å². The predicted molar refractivity (Wildman–Crippen MR) is 31.3 cm³/mol. The Kier molecular flexibility index (Phi) is 29.6. The Labute approximate surface area is 97.3 Å². The molecule has 0 spiro atoms. The molecule has 0 saturated heterocycles. The Morgan fingerprint density at radius 3 is 1.17 bits per heavy atom. The molecule has 0 nitrogen and oxygen atoms in total. The Morgan fingerprint density at radius 2 is 1.17 bits per heavy atom. The minimum atomic E-state index is -1.72. The minimum Gasteiger partial charge on any atom is -1.00 e. The summed E-state index contributed by atoms with van der Waals surface area (Å²) >= 11 is -1.72. The molecule has 0 radical (unpaired) electrons. The van der Waals surface area contributed by atoms with Crippen LogP contribution in [0, 0.1) is 0 Å². The topological polar surface area (TPSA) is 0 Å². The molecule has 0 aliphatic carbocycles. The number of rotatable bonds is 0. The van der Waals surface area contributed by atoms with Gasteiger partial charge < -0.3 is 2.85 Å². The molecule has 0 rings (SSSR count). The molecule has 36 valence electrons. The quantitative estimate of drug-likeness (QED) is 0.555. The van der Waals surface area contributed by atoms with E-state index in [1.165, 1.54) is 0 Å². The average Bonchev–Trinajstić information content (AvgIpc) is 0.811. The van der Waals surface area contributed by atoms with Crippen molar-refractivity contribution in [2.45, 2.75) is 0 Å². The molecule has 0 saturated carbocycles. The molecule has 0 aliphatic rings. The van der Waals surface area contributed by atoms with Crippen molar-refractivity contribution in [1.82, 2.24) is 0 Å². The molecule has 0 atom stereocenters. The van der Waals surface area contributed by atoms with Gasteiger partial charge in [-0.25, -0.2) is 30.1 Å². The molecule has 0 N–H and O–H groups in total.